The van der Waals surface area contributed by atoms with Crippen molar-refractivity contribution in [3.63, 3.8) is 0 Å². The summed E-state index contributed by atoms with van der Waals surface area (Å²) in [6.45, 7) is 4.54. The van der Waals surface area contributed by atoms with Crippen LogP contribution in [0.25, 0.3) is 0 Å². The topological polar surface area (TPSA) is 41.1 Å². The van der Waals surface area contributed by atoms with E-state index >= 15 is 0 Å². The van der Waals surface area contributed by atoms with Crippen LogP contribution in [0.3, 0.4) is 0 Å². The summed E-state index contributed by atoms with van der Waals surface area (Å²) in [4.78, 5) is 12.4. The minimum Gasteiger partial charge on any atom is -0.353 e. The maximum atomic E-state index is 12.4. The zero-order chi connectivity index (χ0) is 15.2. The Hall–Kier alpha value is -0.570. The van der Waals surface area contributed by atoms with Crippen molar-refractivity contribution in [1.29, 1.82) is 0 Å². The van der Waals surface area contributed by atoms with Crippen molar-refractivity contribution in [2.45, 2.75) is 70.8 Å². The average molecular weight is 304 g/mol. The zero-order valence-electron chi connectivity index (χ0n) is 14.1. The van der Waals surface area contributed by atoms with Crippen LogP contribution in [-0.4, -0.2) is 25.0 Å². The number of rotatable bonds is 5. The van der Waals surface area contributed by atoms with E-state index < -0.39 is 0 Å². The van der Waals surface area contributed by atoms with E-state index in [9.17, 15) is 4.79 Å². The molecule has 1 aliphatic heterocycles. The first-order valence-corrected chi connectivity index (χ1v) is 9.63. The summed E-state index contributed by atoms with van der Waals surface area (Å²) in [7, 11) is 0. The lowest BCUT2D eigenvalue weighted by molar-refractivity contribution is -0.126. The molecule has 3 heteroatoms. The van der Waals surface area contributed by atoms with Crippen molar-refractivity contribution in [1.82, 2.24) is 10.6 Å². The molecule has 1 heterocycles. The quantitative estimate of drug-likeness (QED) is 0.819. The normalized spacial score (nSPS) is 44.2. The summed E-state index contributed by atoms with van der Waals surface area (Å²) in [5.41, 5.74) is 0.444. The Bertz CT molecular complexity index is 392. The lowest BCUT2D eigenvalue weighted by Gasteiger charge is -2.59. The molecule has 1 amide bonds. The molecule has 2 N–H and O–H groups in total. The molecule has 0 aromatic carbocycles. The molecule has 22 heavy (non-hydrogen) atoms. The number of hydrogen-bond acceptors (Lipinski definition) is 2. The highest BCUT2D eigenvalue weighted by atomic mass is 16.1. The van der Waals surface area contributed by atoms with Gasteiger partial charge >= 0.3 is 0 Å². The maximum Gasteiger partial charge on any atom is 0.220 e. The molecule has 2 unspecified atom stereocenters. The van der Waals surface area contributed by atoms with Crippen LogP contribution in [0.1, 0.15) is 64.7 Å². The second-order valence-electron chi connectivity index (χ2n) is 8.97. The first kappa shape index (κ1) is 15.0. The number of amides is 1. The van der Waals surface area contributed by atoms with E-state index in [1.807, 2.05) is 0 Å². The molecule has 5 rings (SSSR count). The zero-order valence-corrected chi connectivity index (χ0v) is 14.1. The minimum absolute atomic E-state index is 0.301. The van der Waals surface area contributed by atoms with Gasteiger partial charge in [0.25, 0.3) is 0 Å². The molecule has 5 fully saturated rings. The summed E-state index contributed by atoms with van der Waals surface area (Å²) in [5.74, 6) is 3.93. The standard InChI is InChI=1S/C19H32N2O/c1-13(21-18(22)3-2-14-4-5-20-12-14)19-9-15-6-16(10-19)8-17(7-15)11-19/h13-17,20H,2-12H2,1H3,(H,21,22). The van der Waals surface area contributed by atoms with Gasteiger partial charge in [0.2, 0.25) is 5.91 Å². The average Bonchev–Trinajstić information content (AvgIpc) is 2.97. The summed E-state index contributed by atoms with van der Waals surface area (Å²) >= 11 is 0. The Balaban J connectivity index is 1.31. The van der Waals surface area contributed by atoms with Gasteiger partial charge in [-0.25, -0.2) is 0 Å². The lowest BCUT2D eigenvalue weighted by atomic mass is 9.48. The van der Waals surface area contributed by atoms with Crippen molar-refractivity contribution < 1.29 is 4.79 Å². The van der Waals surface area contributed by atoms with Crippen LogP contribution in [0.15, 0.2) is 0 Å². The van der Waals surface area contributed by atoms with Crippen LogP contribution in [-0.2, 0) is 4.79 Å². The highest BCUT2D eigenvalue weighted by Crippen LogP contribution is 2.61. The van der Waals surface area contributed by atoms with Gasteiger partial charge < -0.3 is 10.6 Å². The fourth-order valence-electron chi connectivity index (χ4n) is 6.47. The van der Waals surface area contributed by atoms with Crippen molar-refractivity contribution in [2.75, 3.05) is 13.1 Å². The minimum atomic E-state index is 0.301. The van der Waals surface area contributed by atoms with Crippen molar-refractivity contribution >= 4 is 5.91 Å². The first-order chi connectivity index (χ1) is 10.6. The van der Waals surface area contributed by atoms with E-state index in [0.717, 1.165) is 49.6 Å². The summed E-state index contributed by atoms with van der Waals surface area (Å²) < 4.78 is 0. The molecule has 1 saturated heterocycles. The summed E-state index contributed by atoms with van der Waals surface area (Å²) in [6.07, 6.45) is 11.6. The Morgan fingerprint density at radius 3 is 2.36 bits per heavy atom. The molecule has 3 nitrogen and oxygen atoms in total. The van der Waals surface area contributed by atoms with E-state index in [1.165, 1.54) is 44.9 Å². The van der Waals surface area contributed by atoms with Crippen LogP contribution in [0.2, 0.25) is 0 Å². The highest BCUT2D eigenvalue weighted by Gasteiger charge is 2.53. The highest BCUT2D eigenvalue weighted by molar-refractivity contribution is 5.76. The van der Waals surface area contributed by atoms with Crippen molar-refractivity contribution in [2.24, 2.45) is 29.1 Å². The second kappa shape index (κ2) is 5.81. The third kappa shape index (κ3) is 2.81. The van der Waals surface area contributed by atoms with Gasteiger partial charge in [-0.3, -0.25) is 4.79 Å². The van der Waals surface area contributed by atoms with Crippen LogP contribution in [0.5, 0.6) is 0 Å². The molecule has 0 radical (unpaired) electrons. The lowest BCUT2D eigenvalue weighted by Crippen LogP contribution is -2.55. The molecule has 4 aliphatic carbocycles. The smallest absolute Gasteiger partial charge is 0.220 e. The Morgan fingerprint density at radius 2 is 1.82 bits per heavy atom. The van der Waals surface area contributed by atoms with Gasteiger partial charge in [0.05, 0.1) is 0 Å². The molecular formula is C19H32N2O. The number of hydrogen-bond donors (Lipinski definition) is 2. The largest absolute Gasteiger partial charge is 0.353 e. The van der Waals surface area contributed by atoms with E-state index in [2.05, 4.69) is 17.6 Å². The van der Waals surface area contributed by atoms with Crippen molar-refractivity contribution in [3.05, 3.63) is 0 Å². The van der Waals surface area contributed by atoms with Gasteiger partial charge in [-0.05, 0) is 100 Å². The van der Waals surface area contributed by atoms with Gasteiger partial charge in [-0.15, -0.1) is 0 Å². The van der Waals surface area contributed by atoms with Crippen LogP contribution in [0, 0.1) is 29.1 Å². The second-order valence-corrected chi connectivity index (χ2v) is 8.97. The van der Waals surface area contributed by atoms with Gasteiger partial charge in [-0.2, -0.15) is 0 Å². The molecule has 5 aliphatic rings. The van der Waals surface area contributed by atoms with E-state index in [4.69, 9.17) is 0 Å². The van der Waals surface area contributed by atoms with Crippen LogP contribution < -0.4 is 10.6 Å². The molecule has 4 saturated carbocycles. The predicted octanol–water partition coefficient (Wildman–Crippen LogP) is 3.10. The summed E-state index contributed by atoms with van der Waals surface area (Å²) in [6, 6.07) is 0.384. The SMILES string of the molecule is CC(NC(=O)CCC1CCNC1)C12CC3CC(CC(C3)C1)C2. The third-order valence-electron chi connectivity index (χ3n) is 7.32. The summed E-state index contributed by atoms with van der Waals surface area (Å²) in [5, 5.41) is 6.80. The van der Waals surface area contributed by atoms with Gasteiger partial charge in [-0.1, -0.05) is 0 Å². The molecular weight excluding hydrogens is 272 g/mol. The van der Waals surface area contributed by atoms with Crippen LogP contribution in [0.4, 0.5) is 0 Å². The number of nitrogens with one attached hydrogen (secondary N) is 2. The van der Waals surface area contributed by atoms with E-state index in [1.54, 1.807) is 0 Å². The molecule has 4 bridgehead atoms. The molecule has 0 aromatic heterocycles. The monoisotopic (exact) mass is 304 g/mol. The van der Waals surface area contributed by atoms with Gasteiger partial charge in [0, 0.05) is 12.5 Å². The van der Waals surface area contributed by atoms with Crippen molar-refractivity contribution in [3.8, 4) is 0 Å². The van der Waals surface area contributed by atoms with E-state index in [0.29, 0.717) is 17.4 Å². The van der Waals surface area contributed by atoms with E-state index in [-0.39, 0.29) is 0 Å². The molecule has 0 spiro atoms. The van der Waals surface area contributed by atoms with Crippen LogP contribution >= 0.6 is 0 Å². The number of carbonyl (C=O) groups is 1. The fraction of sp³-hybridized carbons (Fsp3) is 0.947. The Kier molecular flexibility index (Phi) is 3.96. The number of carbonyl (C=O) groups excluding carboxylic acids is 1. The maximum absolute atomic E-state index is 12.4. The van der Waals surface area contributed by atoms with Gasteiger partial charge in [0.15, 0.2) is 0 Å². The first-order valence-electron chi connectivity index (χ1n) is 9.63. The molecule has 2 atom stereocenters. The predicted molar refractivity (Wildman–Crippen MR) is 88.4 cm³/mol. The third-order valence-corrected chi connectivity index (χ3v) is 7.32. The van der Waals surface area contributed by atoms with Gasteiger partial charge in [0.1, 0.15) is 0 Å². The fourth-order valence-corrected chi connectivity index (χ4v) is 6.47. The Morgan fingerprint density at radius 1 is 1.18 bits per heavy atom. The molecule has 0 aromatic rings. The molecule has 124 valence electrons. The Labute approximate surface area is 135 Å².